The van der Waals surface area contributed by atoms with Gasteiger partial charge < -0.3 is 9.84 Å². The predicted octanol–water partition coefficient (Wildman–Crippen LogP) is 4.75. The average Bonchev–Trinajstić information content (AvgIpc) is 2.92. The van der Waals surface area contributed by atoms with Crippen molar-refractivity contribution in [3.05, 3.63) is 64.6 Å². The molecule has 1 saturated heterocycles. The molecule has 1 heterocycles. The van der Waals surface area contributed by atoms with Crippen LogP contribution in [0.3, 0.4) is 0 Å². The van der Waals surface area contributed by atoms with Crippen LogP contribution in [-0.4, -0.2) is 26.8 Å². The van der Waals surface area contributed by atoms with Gasteiger partial charge >= 0.3 is 0 Å². The van der Waals surface area contributed by atoms with Gasteiger partial charge in [-0.1, -0.05) is 60.4 Å². The van der Waals surface area contributed by atoms with Crippen molar-refractivity contribution in [1.82, 2.24) is 4.90 Å². The molecule has 2 aromatic rings. The lowest BCUT2D eigenvalue weighted by Crippen LogP contribution is -2.30. The van der Waals surface area contributed by atoms with Crippen LogP contribution in [0.5, 0.6) is 11.5 Å². The Balaban J connectivity index is 1.87. The number of thioether (sulfide) groups is 1. The third-order valence-electron chi connectivity index (χ3n) is 4.07. The van der Waals surface area contributed by atoms with Gasteiger partial charge in [-0.15, -0.1) is 0 Å². The highest BCUT2D eigenvalue weighted by atomic mass is 32.2. The minimum absolute atomic E-state index is 0.0780. The molecular formula is C20H19NO3S2. The van der Waals surface area contributed by atoms with E-state index in [-0.39, 0.29) is 17.7 Å². The molecule has 4 nitrogen and oxygen atoms in total. The van der Waals surface area contributed by atoms with Crippen molar-refractivity contribution >= 4 is 40.3 Å². The van der Waals surface area contributed by atoms with Crippen molar-refractivity contribution < 1.29 is 14.6 Å². The molecule has 1 atom stereocenters. The first-order valence-electron chi connectivity index (χ1n) is 8.29. The lowest BCUT2D eigenvalue weighted by Gasteiger charge is -2.23. The zero-order chi connectivity index (χ0) is 18.7. The number of nitrogens with zero attached hydrogens (tertiary/aromatic N) is 1. The largest absolute Gasteiger partial charge is 0.504 e. The minimum atomic E-state index is -0.131. The van der Waals surface area contributed by atoms with Crippen LogP contribution in [0.1, 0.15) is 31.0 Å². The van der Waals surface area contributed by atoms with Gasteiger partial charge in [-0.05, 0) is 43.2 Å². The number of hydrogen-bond acceptors (Lipinski definition) is 5. The Morgan fingerprint density at radius 2 is 2.00 bits per heavy atom. The number of aromatic hydroxyl groups is 1. The molecule has 1 amide bonds. The predicted molar refractivity (Wildman–Crippen MR) is 109 cm³/mol. The summed E-state index contributed by atoms with van der Waals surface area (Å²) in [4.78, 5) is 15.1. The average molecular weight is 386 g/mol. The standard InChI is InChI=1S/C20H19NO3S2/c1-3-24-17-11-14(9-10-16(17)22)12-18-19(23)21(20(25)26-18)13(2)15-7-5-4-6-8-15/h4-13,22H,3H2,1-2H3/b18-12-. The van der Waals surface area contributed by atoms with E-state index < -0.39 is 0 Å². The van der Waals surface area contributed by atoms with Gasteiger partial charge in [-0.25, -0.2) is 0 Å². The van der Waals surface area contributed by atoms with E-state index in [1.54, 1.807) is 29.2 Å². The van der Waals surface area contributed by atoms with Crippen LogP contribution in [0.4, 0.5) is 0 Å². The van der Waals surface area contributed by atoms with Crippen LogP contribution in [0.25, 0.3) is 6.08 Å². The van der Waals surface area contributed by atoms with Gasteiger partial charge in [-0.3, -0.25) is 9.69 Å². The second-order valence-corrected chi connectivity index (χ2v) is 7.47. The van der Waals surface area contributed by atoms with Gasteiger partial charge in [0.25, 0.3) is 5.91 Å². The van der Waals surface area contributed by atoms with Crippen LogP contribution < -0.4 is 4.74 Å². The monoisotopic (exact) mass is 385 g/mol. The Labute approximate surface area is 162 Å². The molecule has 1 unspecified atom stereocenters. The van der Waals surface area contributed by atoms with Crippen LogP contribution in [0, 0.1) is 0 Å². The van der Waals surface area contributed by atoms with Gasteiger partial charge in [0, 0.05) is 0 Å². The van der Waals surface area contributed by atoms with Gasteiger partial charge in [0.1, 0.15) is 4.32 Å². The van der Waals surface area contributed by atoms with Crippen LogP contribution in [-0.2, 0) is 4.79 Å². The number of benzene rings is 2. The molecule has 1 aliphatic rings. The topological polar surface area (TPSA) is 49.8 Å². The molecule has 2 aromatic carbocycles. The molecule has 0 bridgehead atoms. The Morgan fingerprint density at radius 1 is 1.27 bits per heavy atom. The van der Waals surface area contributed by atoms with Crippen molar-refractivity contribution in [2.75, 3.05) is 6.61 Å². The minimum Gasteiger partial charge on any atom is -0.504 e. The van der Waals surface area contributed by atoms with E-state index in [1.807, 2.05) is 44.2 Å². The first kappa shape index (κ1) is 18.5. The molecule has 0 saturated carbocycles. The number of carbonyl (C=O) groups excluding carboxylic acids is 1. The number of phenols is 1. The molecule has 0 radical (unpaired) electrons. The van der Waals surface area contributed by atoms with E-state index in [4.69, 9.17) is 17.0 Å². The number of amides is 1. The second kappa shape index (κ2) is 7.93. The first-order chi connectivity index (χ1) is 12.5. The number of rotatable bonds is 5. The summed E-state index contributed by atoms with van der Waals surface area (Å²) in [5.74, 6) is 0.367. The normalized spacial score (nSPS) is 17.0. The van der Waals surface area contributed by atoms with Crippen molar-refractivity contribution in [2.24, 2.45) is 0 Å². The second-order valence-electron chi connectivity index (χ2n) is 5.80. The van der Waals surface area contributed by atoms with Crippen molar-refractivity contribution in [2.45, 2.75) is 19.9 Å². The molecular weight excluding hydrogens is 366 g/mol. The Kier molecular flexibility index (Phi) is 5.64. The third-order valence-corrected chi connectivity index (χ3v) is 5.40. The summed E-state index contributed by atoms with van der Waals surface area (Å²) in [5.41, 5.74) is 1.81. The van der Waals surface area contributed by atoms with Gasteiger partial charge in [0.15, 0.2) is 11.5 Å². The molecule has 26 heavy (non-hydrogen) atoms. The van der Waals surface area contributed by atoms with Crippen molar-refractivity contribution in [3.8, 4) is 11.5 Å². The summed E-state index contributed by atoms with van der Waals surface area (Å²) in [6.07, 6.45) is 1.78. The van der Waals surface area contributed by atoms with Gasteiger partial charge in [-0.2, -0.15) is 0 Å². The molecule has 1 fully saturated rings. The molecule has 0 aliphatic carbocycles. The van der Waals surface area contributed by atoms with Crippen LogP contribution in [0.15, 0.2) is 53.4 Å². The fourth-order valence-electron chi connectivity index (χ4n) is 2.74. The summed E-state index contributed by atoms with van der Waals surface area (Å²) in [6.45, 7) is 4.27. The first-order valence-corrected chi connectivity index (χ1v) is 9.51. The number of ether oxygens (including phenoxy) is 1. The molecule has 0 spiro atoms. The van der Waals surface area contributed by atoms with E-state index in [1.165, 1.54) is 11.8 Å². The quantitative estimate of drug-likeness (QED) is 0.594. The zero-order valence-electron chi connectivity index (χ0n) is 14.5. The maximum Gasteiger partial charge on any atom is 0.266 e. The Morgan fingerprint density at radius 3 is 2.69 bits per heavy atom. The SMILES string of the molecule is CCOc1cc(/C=C2\SC(=S)N(C(C)c3ccccc3)C2=O)ccc1O. The number of thiocarbonyl (C=S) groups is 1. The van der Waals surface area contributed by atoms with E-state index >= 15 is 0 Å². The summed E-state index contributed by atoms with van der Waals surface area (Å²) in [5, 5.41) is 9.82. The number of carbonyl (C=O) groups is 1. The summed E-state index contributed by atoms with van der Waals surface area (Å²) in [6, 6.07) is 14.7. The number of phenolic OH excluding ortho intramolecular Hbond substituents is 1. The summed E-state index contributed by atoms with van der Waals surface area (Å²) >= 11 is 6.73. The van der Waals surface area contributed by atoms with Crippen LogP contribution in [0.2, 0.25) is 0 Å². The van der Waals surface area contributed by atoms with Crippen LogP contribution >= 0.6 is 24.0 Å². The third kappa shape index (κ3) is 3.76. The maximum absolute atomic E-state index is 12.9. The van der Waals surface area contributed by atoms with Crippen molar-refractivity contribution in [1.29, 1.82) is 0 Å². The van der Waals surface area contributed by atoms with E-state index in [9.17, 15) is 9.90 Å². The van der Waals surface area contributed by atoms with E-state index in [0.717, 1.165) is 11.1 Å². The smallest absolute Gasteiger partial charge is 0.266 e. The zero-order valence-corrected chi connectivity index (χ0v) is 16.1. The van der Waals surface area contributed by atoms with Crippen molar-refractivity contribution in [3.63, 3.8) is 0 Å². The fourth-order valence-corrected chi connectivity index (χ4v) is 4.16. The molecule has 0 aromatic heterocycles. The van der Waals surface area contributed by atoms with E-state index in [2.05, 4.69) is 0 Å². The maximum atomic E-state index is 12.9. The highest BCUT2D eigenvalue weighted by Crippen LogP contribution is 2.38. The Hall–Kier alpha value is -2.31. The molecule has 3 rings (SSSR count). The highest BCUT2D eigenvalue weighted by molar-refractivity contribution is 8.26. The highest BCUT2D eigenvalue weighted by Gasteiger charge is 2.35. The summed E-state index contributed by atoms with van der Waals surface area (Å²) < 4.78 is 5.94. The van der Waals surface area contributed by atoms with Gasteiger partial charge in [0.05, 0.1) is 17.6 Å². The number of hydrogen-bond donors (Lipinski definition) is 1. The molecule has 6 heteroatoms. The molecule has 1 aliphatic heterocycles. The molecule has 1 N–H and O–H groups in total. The van der Waals surface area contributed by atoms with Gasteiger partial charge in [0.2, 0.25) is 0 Å². The fraction of sp³-hybridized carbons (Fsp3) is 0.200. The summed E-state index contributed by atoms with van der Waals surface area (Å²) in [7, 11) is 0. The Bertz CT molecular complexity index is 865. The van der Waals surface area contributed by atoms with E-state index in [0.29, 0.717) is 21.6 Å². The lowest BCUT2D eigenvalue weighted by atomic mass is 10.1. The lowest BCUT2D eigenvalue weighted by molar-refractivity contribution is -0.123. The molecule has 134 valence electrons.